The summed E-state index contributed by atoms with van der Waals surface area (Å²) in [7, 11) is 0. The summed E-state index contributed by atoms with van der Waals surface area (Å²) in [6, 6.07) is 18.7. The van der Waals surface area contributed by atoms with Crippen LogP contribution in [0.25, 0.3) is 0 Å². The molecule has 2 aromatic carbocycles. The Morgan fingerprint density at radius 1 is 1.00 bits per heavy atom. The fourth-order valence-corrected chi connectivity index (χ4v) is 2.28. The number of fused-ring (bicyclic) bond motifs is 1. The second-order valence-corrected chi connectivity index (χ2v) is 5.31. The number of hydrazine groups is 1. The summed E-state index contributed by atoms with van der Waals surface area (Å²) in [6.07, 6.45) is 0. The van der Waals surface area contributed by atoms with E-state index in [2.05, 4.69) is 66.7 Å². The summed E-state index contributed by atoms with van der Waals surface area (Å²) in [4.78, 5) is 4.78. The van der Waals surface area contributed by atoms with Gasteiger partial charge in [0.1, 0.15) is 5.84 Å². The number of halogens is 1. The van der Waals surface area contributed by atoms with Crippen LogP contribution in [0.1, 0.15) is 19.4 Å². The zero-order valence-corrected chi connectivity index (χ0v) is 13.1. The Bertz CT molecular complexity index is 623. The van der Waals surface area contributed by atoms with Gasteiger partial charge in [-0.1, -0.05) is 50.2 Å². The molecule has 0 bridgehead atoms. The maximum absolute atomic E-state index is 4.78. The van der Waals surface area contributed by atoms with Gasteiger partial charge < -0.3 is 0 Å². The Balaban J connectivity index is 0.00000161. The van der Waals surface area contributed by atoms with Crippen molar-refractivity contribution in [1.29, 1.82) is 0 Å². The van der Waals surface area contributed by atoms with Crippen LogP contribution >= 0.6 is 12.4 Å². The van der Waals surface area contributed by atoms with E-state index in [1.165, 1.54) is 5.56 Å². The van der Waals surface area contributed by atoms with E-state index in [4.69, 9.17) is 4.99 Å². The summed E-state index contributed by atoms with van der Waals surface area (Å²) in [5, 5.41) is 2.16. The molecule has 1 heterocycles. The highest BCUT2D eigenvalue weighted by atomic mass is 35.5. The SMILES string of the molecule is CC(C)C1=Nc2ccccc2CN(c2ccccc2)N1.Cl. The third-order valence-electron chi connectivity index (χ3n) is 3.43. The normalized spacial score (nSPS) is 13.7. The Morgan fingerprint density at radius 2 is 1.67 bits per heavy atom. The van der Waals surface area contributed by atoms with Crippen molar-refractivity contribution in [3.05, 3.63) is 60.2 Å². The van der Waals surface area contributed by atoms with E-state index in [1.807, 2.05) is 12.1 Å². The number of anilines is 1. The highest BCUT2D eigenvalue weighted by Gasteiger charge is 2.17. The third-order valence-corrected chi connectivity index (χ3v) is 3.43. The van der Waals surface area contributed by atoms with Gasteiger partial charge in [-0.2, -0.15) is 0 Å². The summed E-state index contributed by atoms with van der Waals surface area (Å²) < 4.78 is 0. The molecule has 1 N–H and O–H groups in total. The lowest BCUT2D eigenvalue weighted by molar-refractivity contribution is 0.727. The first kappa shape index (κ1) is 15.4. The third kappa shape index (κ3) is 3.37. The molecule has 0 fully saturated rings. The van der Waals surface area contributed by atoms with Crippen LogP contribution in [0.4, 0.5) is 11.4 Å². The van der Waals surface area contributed by atoms with Crippen molar-refractivity contribution >= 4 is 29.6 Å². The van der Waals surface area contributed by atoms with Crippen LogP contribution in [0.3, 0.4) is 0 Å². The molecular weight excluding hydrogens is 282 g/mol. The van der Waals surface area contributed by atoms with Crippen LogP contribution in [0.5, 0.6) is 0 Å². The van der Waals surface area contributed by atoms with Crippen LogP contribution < -0.4 is 10.4 Å². The van der Waals surface area contributed by atoms with Crippen molar-refractivity contribution < 1.29 is 0 Å². The standard InChI is InChI=1S/C17H19N3.ClH/c1-13(2)17-18-16-11-7-6-8-14(16)12-20(19-17)15-9-4-3-5-10-15;/h3-11,13H,12H2,1-2H3,(H,18,19);1H. The number of hydrogen-bond donors (Lipinski definition) is 1. The number of nitrogens with zero attached hydrogens (tertiary/aromatic N) is 2. The predicted molar refractivity (Wildman–Crippen MR) is 91.4 cm³/mol. The maximum Gasteiger partial charge on any atom is 0.123 e. The molecule has 4 heteroatoms. The minimum absolute atomic E-state index is 0. The molecule has 0 atom stereocenters. The molecule has 0 amide bonds. The highest BCUT2D eigenvalue weighted by Crippen LogP contribution is 2.26. The van der Waals surface area contributed by atoms with Gasteiger partial charge in [0.05, 0.1) is 17.9 Å². The molecular formula is C17H20ClN3. The molecule has 21 heavy (non-hydrogen) atoms. The Labute approximate surface area is 132 Å². The maximum atomic E-state index is 4.78. The van der Waals surface area contributed by atoms with Crippen molar-refractivity contribution in [2.75, 3.05) is 5.01 Å². The van der Waals surface area contributed by atoms with Gasteiger partial charge >= 0.3 is 0 Å². The number of aliphatic imine (C=N–C) groups is 1. The lowest BCUT2D eigenvalue weighted by Gasteiger charge is -2.26. The minimum atomic E-state index is 0. The topological polar surface area (TPSA) is 27.6 Å². The smallest absolute Gasteiger partial charge is 0.123 e. The van der Waals surface area contributed by atoms with Gasteiger partial charge in [-0.25, -0.2) is 4.99 Å². The van der Waals surface area contributed by atoms with E-state index >= 15 is 0 Å². The van der Waals surface area contributed by atoms with Gasteiger partial charge in [0.2, 0.25) is 0 Å². The van der Waals surface area contributed by atoms with Gasteiger partial charge in [0.25, 0.3) is 0 Å². The quantitative estimate of drug-likeness (QED) is 0.894. The van der Waals surface area contributed by atoms with E-state index in [0.717, 1.165) is 23.8 Å². The van der Waals surface area contributed by atoms with E-state index in [0.29, 0.717) is 5.92 Å². The van der Waals surface area contributed by atoms with Crippen LogP contribution in [0.15, 0.2) is 59.6 Å². The Hall–Kier alpha value is -2.00. The molecule has 110 valence electrons. The van der Waals surface area contributed by atoms with Gasteiger partial charge in [-0.05, 0) is 23.8 Å². The molecule has 3 rings (SSSR count). The summed E-state index contributed by atoms with van der Waals surface area (Å²) in [5.41, 5.74) is 6.91. The first-order valence-corrected chi connectivity index (χ1v) is 7.00. The van der Waals surface area contributed by atoms with E-state index in [9.17, 15) is 0 Å². The fourth-order valence-electron chi connectivity index (χ4n) is 2.28. The average molecular weight is 302 g/mol. The average Bonchev–Trinajstić information content (AvgIpc) is 2.67. The van der Waals surface area contributed by atoms with Crippen LogP contribution in [-0.2, 0) is 6.54 Å². The van der Waals surface area contributed by atoms with Crippen LogP contribution in [0.2, 0.25) is 0 Å². The predicted octanol–water partition coefficient (Wildman–Crippen LogP) is 4.32. The van der Waals surface area contributed by atoms with Gasteiger partial charge in [-0.15, -0.1) is 12.4 Å². The lowest BCUT2D eigenvalue weighted by Crippen LogP contribution is -2.42. The van der Waals surface area contributed by atoms with Crippen molar-refractivity contribution in [2.45, 2.75) is 20.4 Å². The Morgan fingerprint density at radius 3 is 2.38 bits per heavy atom. The molecule has 1 aliphatic heterocycles. The zero-order chi connectivity index (χ0) is 13.9. The molecule has 0 saturated heterocycles. The first-order valence-electron chi connectivity index (χ1n) is 7.00. The number of para-hydroxylation sites is 2. The van der Waals surface area contributed by atoms with Gasteiger partial charge in [0, 0.05) is 5.92 Å². The molecule has 0 aliphatic carbocycles. The number of nitrogens with one attached hydrogen (secondary N) is 1. The van der Waals surface area contributed by atoms with E-state index in [-0.39, 0.29) is 12.4 Å². The summed E-state index contributed by atoms with van der Waals surface area (Å²) >= 11 is 0. The monoisotopic (exact) mass is 301 g/mol. The minimum Gasteiger partial charge on any atom is -0.285 e. The van der Waals surface area contributed by atoms with E-state index in [1.54, 1.807) is 0 Å². The summed E-state index contributed by atoms with van der Waals surface area (Å²) in [5.74, 6) is 1.35. The fraction of sp³-hybridized carbons (Fsp3) is 0.235. The number of rotatable bonds is 2. The molecule has 1 aliphatic rings. The number of amidine groups is 1. The number of benzene rings is 2. The van der Waals surface area contributed by atoms with Gasteiger partial charge in [-0.3, -0.25) is 10.4 Å². The van der Waals surface area contributed by atoms with Gasteiger partial charge in [0.15, 0.2) is 0 Å². The zero-order valence-electron chi connectivity index (χ0n) is 12.3. The van der Waals surface area contributed by atoms with Crippen molar-refractivity contribution in [1.82, 2.24) is 5.43 Å². The molecule has 0 radical (unpaired) electrons. The molecule has 3 nitrogen and oxygen atoms in total. The Kier molecular flexibility index (Phi) is 4.86. The second kappa shape index (κ2) is 6.64. The van der Waals surface area contributed by atoms with Crippen LogP contribution in [0, 0.1) is 5.92 Å². The molecule has 0 saturated carbocycles. The van der Waals surface area contributed by atoms with Crippen LogP contribution in [-0.4, -0.2) is 5.84 Å². The molecule has 2 aromatic rings. The molecule has 0 unspecified atom stereocenters. The van der Waals surface area contributed by atoms with Crippen molar-refractivity contribution in [3.63, 3.8) is 0 Å². The second-order valence-electron chi connectivity index (χ2n) is 5.31. The largest absolute Gasteiger partial charge is 0.285 e. The highest BCUT2D eigenvalue weighted by molar-refractivity contribution is 5.89. The lowest BCUT2D eigenvalue weighted by atomic mass is 10.1. The van der Waals surface area contributed by atoms with E-state index < -0.39 is 0 Å². The molecule has 0 spiro atoms. The first-order chi connectivity index (χ1) is 9.74. The number of hydrogen-bond acceptors (Lipinski definition) is 3. The van der Waals surface area contributed by atoms with Crippen molar-refractivity contribution in [2.24, 2.45) is 10.9 Å². The van der Waals surface area contributed by atoms with Crippen molar-refractivity contribution in [3.8, 4) is 0 Å². The molecule has 0 aromatic heterocycles. The summed E-state index contributed by atoms with van der Waals surface area (Å²) in [6.45, 7) is 5.12.